The first-order chi connectivity index (χ1) is 35.8. The van der Waals surface area contributed by atoms with Crippen LogP contribution in [-0.4, -0.2) is 238 Å². The van der Waals surface area contributed by atoms with Gasteiger partial charge < -0.3 is 110 Å². The lowest BCUT2D eigenvalue weighted by Crippen LogP contribution is -2.70. The van der Waals surface area contributed by atoms with Crippen LogP contribution in [0.25, 0.3) is 0 Å². The minimum Gasteiger partial charge on any atom is -0.457 e. The number of phosphoric ester groups is 1. The van der Waals surface area contributed by atoms with Crippen LogP contribution in [0.4, 0.5) is 0 Å². The average molecular weight is 1120 g/mol. The molecule has 0 radical (unpaired) electrons. The van der Waals surface area contributed by atoms with Crippen LogP contribution >= 0.6 is 7.82 Å². The Kier molecular flexibility index (Phi) is 23.7. The summed E-state index contributed by atoms with van der Waals surface area (Å²) in [5, 5.41) is 84.4. The average Bonchev–Trinajstić information content (AvgIpc) is 3.33. The lowest BCUT2D eigenvalue weighted by Gasteiger charge is -2.50. The second-order valence-electron chi connectivity index (χ2n) is 19.2. The van der Waals surface area contributed by atoms with Crippen molar-refractivity contribution in [3.63, 3.8) is 0 Å². The Labute approximate surface area is 436 Å². The van der Waals surface area contributed by atoms with Crippen molar-refractivity contribution in [1.29, 1.82) is 0 Å². The van der Waals surface area contributed by atoms with Crippen molar-refractivity contribution < 1.29 is 126 Å². The maximum Gasteiger partial charge on any atom is 0.475 e. The van der Waals surface area contributed by atoms with Gasteiger partial charge in [0.2, 0.25) is 23.6 Å². The molecule has 4 amide bonds. The molecule has 21 atom stereocenters. The summed E-state index contributed by atoms with van der Waals surface area (Å²) in [4.78, 5) is 87.5. The molecule has 5 fully saturated rings. The molecular formula is C44H74N5O26P. The third kappa shape index (κ3) is 16.7. The van der Waals surface area contributed by atoms with Crippen LogP contribution < -0.4 is 27.0 Å². The maximum absolute atomic E-state index is 14.4. The topological polar surface area (TPSA) is 457 Å². The normalized spacial score (nSPS) is 39.6. The van der Waals surface area contributed by atoms with E-state index >= 15 is 0 Å². The van der Waals surface area contributed by atoms with Crippen LogP contribution in [0.3, 0.4) is 0 Å². The summed E-state index contributed by atoms with van der Waals surface area (Å²) in [6.07, 6.45) is -24.9. The van der Waals surface area contributed by atoms with Crippen molar-refractivity contribution in [1.82, 2.24) is 21.3 Å². The van der Waals surface area contributed by atoms with Crippen LogP contribution in [0.15, 0.2) is 0 Å². The zero-order valence-corrected chi connectivity index (χ0v) is 43.6. The highest BCUT2D eigenvalue weighted by Gasteiger charge is 2.58. The molecule has 0 aromatic rings. The van der Waals surface area contributed by atoms with E-state index < -0.39 is 192 Å². The van der Waals surface area contributed by atoms with E-state index in [4.69, 9.17) is 57.4 Å². The number of rotatable bonds is 22. The molecule has 5 aliphatic rings. The minimum absolute atomic E-state index is 0.0991. The van der Waals surface area contributed by atoms with Crippen molar-refractivity contribution in [2.75, 3.05) is 33.0 Å². The Morgan fingerprint density at radius 1 is 0.513 bits per heavy atom. The maximum atomic E-state index is 14.4. The number of aliphatic hydroxyl groups excluding tert-OH is 7. The van der Waals surface area contributed by atoms with E-state index in [1.54, 1.807) is 0 Å². The number of nitrogens with one attached hydrogen (secondary N) is 4. The molecule has 0 spiro atoms. The van der Waals surface area contributed by atoms with Gasteiger partial charge in [-0.2, -0.15) is 0 Å². The van der Waals surface area contributed by atoms with Crippen molar-refractivity contribution in [3.8, 4) is 0 Å². The van der Waals surface area contributed by atoms with E-state index in [9.17, 15) is 74.0 Å². The van der Waals surface area contributed by atoms with Crippen LogP contribution in [0.5, 0.6) is 0 Å². The van der Waals surface area contributed by atoms with Crippen molar-refractivity contribution in [3.05, 3.63) is 0 Å². The predicted octanol–water partition coefficient (Wildman–Crippen LogP) is -5.98. The van der Waals surface area contributed by atoms with E-state index in [0.717, 1.165) is 67.2 Å². The summed E-state index contributed by atoms with van der Waals surface area (Å²) in [6, 6.07) is -6.62. The first kappa shape index (κ1) is 63.2. The Hall–Kier alpha value is -3.67. The molecule has 14 N–H and O–H groups in total. The molecule has 0 aromatic heterocycles. The first-order valence-corrected chi connectivity index (χ1v) is 26.2. The largest absolute Gasteiger partial charge is 0.475 e. The Morgan fingerprint density at radius 3 is 1.36 bits per heavy atom. The van der Waals surface area contributed by atoms with Gasteiger partial charge in [0.25, 0.3) is 0 Å². The van der Waals surface area contributed by atoms with E-state index in [2.05, 4.69) is 21.3 Å². The van der Waals surface area contributed by atoms with Crippen LogP contribution in [0, 0.1) is 5.92 Å². The standard InChI is InChI=1S/C44H74N5O26P/c1-17(54)46-29-35(62)33(60)25(13-50)68-42(29)72-37-28(16-53)71-44(32(49-20(4)57)40(37)67-22(6)59)75-76(63,64)74-38-30(47-18(2)55)43(69-26(14-51)34(38)61)73-36-27(15-52)70-41(31(48-19(3)56)39(36)66-21(5)58)65-12-11-23-7-9-24(45)10-8-23/h23-44,50-53,60-62H,7-16,45H2,1-6H3,(H,46,54)(H,47,55)(H,48,56)(H,49,57)(H,63,64)/t23?,24?,25-,26-,27-,28-,29-,30-,31-,32-,33+,34+,35-,36+,37+,38-,39-,40-,41+,42+,43+,44-/m1/s1. The van der Waals surface area contributed by atoms with Gasteiger partial charge in [-0.1, -0.05) is 0 Å². The number of hydrogen-bond acceptors (Lipinski definition) is 26. The molecule has 1 saturated carbocycles. The summed E-state index contributed by atoms with van der Waals surface area (Å²) >= 11 is 0. The third-order valence-electron chi connectivity index (χ3n) is 13.2. The first-order valence-electron chi connectivity index (χ1n) is 24.7. The molecule has 4 heterocycles. The third-order valence-corrected chi connectivity index (χ3v) is 14.2. The van der Waals surface area contributed by atoms with E-state index in [-0.39, 0.29) is 18.6 Å². The number of esters is 2. The highest BCUT2D eigenvalue weighted by molar-refractivity contribution is 7.47. The second kappa shape index (κ2) is 28.5. The van der Waals surface area contributed by atoms with Crippen molar-refractivity contribution >= 4 is 43.4 Å². The predicted molar refractivity (Wildman–Crippen MR) is 249 cm³/mol. The van der Waals surface area contributed by atoms with Crippen LogP contribution in [0.1, 0.15) is 73.6 Å². The number of carbonyl (C=O) groups excluding carboxylic acids is 6. The van der Waals surface area contributed by atoms with Gasteiger partial charge in [0.15, 0.2) is 37.4 Å². The van der Waals surface area contributed by atoms with E-state index in [1.807, 2.05) is 0 Å². The Balaban J connectivity index is 1.46. The van der Waals surface area contributed by atoms with Gasteiger partial charge in [-0.05, 0) is 38.0 Å². The highest BCUT2D eigenvalue weighted by Crippen LogP contribution is 2.50. The number of ether oxygens (including phenoxy) is 9. The number of hydrogen-bond donors (Lipinski definition) is 13. The summed E-state index contributed by atoms with van der Waals surface area (Å²) in [7, 11) is -5.86. The van der Waals surface area contributed by atoms with E-state index in [1.165, 1.54) is 0 Å². The second-order valence-corrected chi connectivity index (χ2v) is 20.6. The number of amides is 4. The molecule has 1 unspecified atom stereocenters. The quantitative estimate of drug-likeness (QED) is 0.0355. The molecule has 76 heavy (non-hydrogen) atoms. The number of nitrogens with two attached hydrogens (primary N) is 1. The molecule has 0 bridgehead atoms. The summed E-state index contributed by atoms with van der Waals surface area (Å²) < 4.78 is 78.6. The fourth-order valence-electron chi connectivity index (χ4n) is 9.83. The Bertz CT molecular complexity index is 2010. The lowest BCUT2D eigenvalue weighted by atomic mass is 9.85. The zero-order chi connectivity index (χ0) is 56.3. The summed E-state index contributed by atoms with van der Waals surface area (Å²) in [6.45, 7) is 2.38. The molecule has 31 nitrogen and oxygen atoms in total. The lowest BCUT2D eigenvalue weighted by molar-refractivity contribution is -0.333. The molecular weight excluding hydrogens is 1050 g/mol. The molecule has 0 aromatic carbocycles. The Morgan fingerprint density at radius 2 is 0.908 bits per heavy atom. The number of phosphoric acid groups is 1. The van der Waals surface area contributed by atoms with Crippen molar-refractivity contribution in [2.24, 2.45) is 11.7 Å². The van der Waals surface area contributed by atoms with Gasteiger partial charge >= 0.3 is 19.8 Å². The monoisotopic (exact) mass is 1120 g/mol. The molecule has 436 valence electrons. The number of carbonyl (C=O) groups is 6. The fraction of sp³-hybridized carbons (Fsp3) is 0.864. The van der Waals surface area contributed by atoms with Gasteiger partial charge in [0, 0.05) is 47.6 Å². The van der Waals surface area contributed by atoms with Gasteiger partial charge in [-0.15, -0.1) is 0 Å². The molecule has 5 rings (SSSR count). The zero-order valence-electron chi connectivity index (χ0n) is 42.7. The highest BCUT2D eigenvalue weighted by atomic mass is 31.2. The molecule has 32 heteroatoms. The van der Waals surface area contributed by atoms with Gasteiger partial charge in [0.1, 0.15) is 85.2 Å². The van der Waals surface area contributed by atoms with Gasteiger partial charge in [0.05, 0.1) is 33.0 Å². The summed E-state index contributed by atoms with van der Waals surface area (Å²) in [5.41, 5.74) is 6.06. The van der Waals surface area contributed by atoms with Crippen molar-refractivity contribution in [2.45, 2.75) is 202 Å². The van der Waals surface area contributed by atoms with Crippen LogP contribution in [0.2, 0.25) is 0 Å². The van der Waals surface area contributed by atoms with Gasteiger partial charge in [-0.25, -0.2) is 4.57 Å². The fourth-order valence-corrected chi connectivity index (χ4v) is 10.9. The molecule has 1 aliphatic carbocycles. The summed E-state index contributed by atoms with van der Waals surface area (Å²) in [5.74, 6) is -4.88. The molecule has 4 saturated heterocycles. The van der Waals surface area contributed by atoms with Gasteiger partial charge in [-0.3, -0.25) is 37.8 Å². The number of aliphatic hydroxyl groups is 7. The van der Waals surface area contributed by atoms with E-state index in [0.29, 0.717) is 6.42 Å². The van der Waals surface area contributed by atoms with Crippen LogP contribution in [-0.2, 0) is 85.0 Å². The minimum atomic E-state index is -5.86. The molecule has 4 aliphatic heterocycles. The SMILES string of the molecule is CC(=O)N[C@H]1[C@H](O[C@@H]2[C@H](OC(C)=O)[C@@H](NC(C)=O)[C@@H](OP(=O)(O)O[C@H]3[C@@H](O)[C@@H](CO)O[C@@H](O[C@@H]4[C@H](OC(C)=O)[C@@H](NC(C)=O)[C@@H](OCCC5CCC(N)CC5)O[C@@H]4CO)[C@@H]3NC(C)=O)O[C@@H]2CO)O[C@H](CO)[C@H](O)[C@@H]1O. The smallest absolute Gasteiger partial charge is 0.457 e.